The average Bonchev–Trinajstić information content (AvgIpc) is 3.40. The molecule has 9 heteroatoms. The molecule has 0 spiro atoms. The first-order valence-electron chi connectivity index (χ1n) is 8.42. The van der Waals surface area contributed by atoms with E-state index in [1.807, 2.05) is 0 Å². The smallest absolute Gasteiger partial charge is 0.341 e. The van der Waals surface area contributed by atoms with Crippen LogP contribution in [0.15, 0.2) is 11.0 Å². The summed E-state index contributed by atoms with van der Waals surface area (Å²) in [7, 11) is 0. The van der Waals surface area contributed by atoms with Crippen LogP contribution in [0.3, 0.4) is 0 Å². The summed E-state index contributed by atoms with van der Waals surface area (Å²) in [6.45, 7) is 0.672. The summed E-state index contributed by atoms with van der Waals surface area (Å²) >= 11 is 0. The maximum absolute atomic E-state index is 15.4. The minimum Gasteiger partial charge on any atom is -0.477 e. The molecular formula is C17H18F2N4O3. The number of halogens is 2. The summed E-state index contributed by atoms with van der Waals surface area (Å²) in [4.78, 5) is 25.4. The molecule has 1 aliphatic heterocycles. The SMILES string of the molecule is NC[C@H]1CCN1c1c(F)c(N)c2c(=O)c(C(=O)O)cn(C3CC3)c2c1F. The van der Waals surface area contributed by atoms with Crippen LogP contribution in [-0.4, -0.2) is 34.8 Å². The zero-order chi connectivity index (χ0) is 18.7. The van der Waals surface area contributed by atoms with E-state index in [1.165, 1.54) is 9.47 Å². The number of nitrogens with two attached hydrogens (primary N) is 2. The fourth-order valence-corrected chi connectivity index (χ4v) is 3.58. The van der Waals surface area contributed by atoms with E-state index in [4.69, 9.17) is 11.5 Å². The Morgan fingerprint density at radius 1 is 1.27 bits per heavy atom. The van der Waals surface area contributed by atoms with Crippen molar-refractivity contribution in [2.24, 2.45) is 5.73 Å². The molecule has 26 heavy (non-hydrogen) atoms. The van der Waals surface area contributed by atoms with Gasteiger partial charge in [-0.25, -0.2) is 13.6 Å². The predicted octanol–water partition coefficient (Wildman–Crippen LogP) is 1.43. The number of carbonyl (C=O) groups is 1. The minimum absolute atomic E-state index is 0.134. The molecule has 2 aromatic rings. The second-order valence-corrected chi connectivity index (χ2v) is 6.80. The number of rotatable bonds is 4. The minimum atomic E-state index is -1.46. The van der Waals surface area contributed by atoms with E-state index in [1.54, 1.807) is 0 Å². The molecule has 2 fully saturated rings. The van der Waals surface area contributed by atoms with Crippen molar-refractivity contribution in [2.75, 3.05) is 23.7 Å². The lowest BCUT2D eigenvalue weighted by atomic mass is 9.99. The average molecular weight is 364 g/mol. The Bertz CT molecular complexity index is 998. The van der Waals surface area contributed by atoms with Gasteiger partial charge >= 0.3 is 5.97 Å². The van der Waals surface area contributed by atoms with Gasteiger partial charge in [0, 0.05) is 31.4 Å². The number of carboxylic acid groups (broad SMARTS) is 1. The van der Waals surface area contributed by atoms with Crippen LogP contribution in [0.1, 0.15) is 35.7 Å². The molecule has 1 atom stereocenters. The van der Waals surface area contributed by atoms with Crippen molar-refractivity contribution in [3.63, 3.8) is 0 Å². The standard InChI is InChI=1S/C17H18F2N4O3/c18-11-13(21)10-14(12(19)15(11)22-4-3-8(22)5-20)23(7-1-2-7)6-9(16(10)24)17(25)26/h6-8H,1-5,20-21H2,(H,25,26)/t8-/m1/s1. The molecule has 0 radical (unpaired) electrons. The van der Waals surface area contributed by atoms with Gasteiger partial charge in [0.15, 0.2) is 11.6 Å². The Labute approximate surface area is 146 Å². The Hall–Kier alpha value is -2.68. The number of pyridine rings is 1. The van der Waals surface area contributed by atoms with E-state index in [0.717, 1.165) is 19.0 Å². The van der Waals surface area contributed by atoms with Gasteiger partial charge in [0.05, 0.1) is 16.6 Å². The van der Waals surface area contributed by atoms with E-state index >= 15 is 4.39 Å². The van der Waals surface area contributed by atoms with Crippen molar-refractivity contribution in [1.82, 2.24) is 4.57 Å². The summed E-state index contributed by atoms with van der Waals surface area (Å²) in [6.07, 6.45) is 3.28. The molecule has 2 heterocycles. The monoisotopic (exact) mass is 364 g/mol. The normalized spacial score (nSPS) is 19.7. The number of benzene rings is 1. The largest absolute Gasteiger partial charge is 0.477 e. The number of hydrogen-bond donors (Lipinski definition) is 3. The number of fused-ring (bicyclic) bond motifs is 1. The highest BCUT2D eigenvalue weighted by atomic mass is 19.1. The van der Waals surface area contributed by atoms with E-state index in [0.29, 0.717) is 13.0 Å². The van der Waals surface area contributed by atoms with Gasteiger partial charge in [-0.15, -0.1) is 0 Å². The summed E-state index contributed by atoms with van der Waals surface area (Å²) in [5, 5.41) is 8.86. The van der Waals surface area contributed by atoms with Gasteiger partial charge in [-0.3, -0.25) is 4.79 Å². The zero-order valence-corrected chi connectivity index (χ0v) is 13.8. The molecule has 0 unspecified atom stereocenters. The predicted molar refractivity (Wildman–Crippen MR) is 92.6 cm³/mol. The van der Waals surface area contributed by atoms with Gasteiger partial charge in [0.2, 0.25) is 5.43 Å². The third-order valence-corrected chi connectivity index (χ3v) is 5.24. The van der Waals surface area contributed by atoms with Crippen LogP contribution in [0.25, 0.3) is 10.9 Å². The van der Waals surface area contributed by atoms with Crippen LogP contribution in [0.4, 0.5) is 20.2 Å². The van der Waals surface area contributed by atoms with Gasteiger partial charge in [0.25, 0.3) is 0 Å². The summed E-state index contributed by atoms with van der Waals surface area (Å²) in [5.41, 5.74) is 8.99. The van der Waals surface area contributed by atoms with Crippen molar-refractivity contribution in [1.29, 1.82) is 0 Å². The van der Waals surface area contributed by atoms with Gasteiger partial charge in [-0.05, 0) is 19.3 Å². The first-order chi connectivity index (χ1) is 12.4. The number of nitrogen functional groups attached to an aromatic ring is 1. The Kier molecular flexibility index (Phi) is 3.65. The molecule has 138 valence electrons. The lowest BCUT2D eigenvalue weighted by molar-refractivity contribution is 0.0695. The number of anilines is 2. The lowest BCUT2D eigenvalue weighted by Crippen LogP contribution is -2.52. The Balaban J connectivity index is 2.10. The molecule has 7 nitrogen and oxygen atoms in total. The topological polar surface area (TPSA) is 115 Å². The highest BCUT2D eigenvalue weighted by molar-refractivity contribution is 5.99. The summed E-state index contributed by atoms with van der Waals surface area (Å²) in [6, 6.07) is -0.333. The molecule has 1 aliphatic carbocycles. The molecule has 0 bridgehead atoms. The van der Waals surface area contributed by atoms with Crippen molar-refractivity contribution in [3.05, 3.63) is 33.6 Å². The Morgan fingerprint density at radius 3 is 2.46 bits per heavy atom. The molecule has 4 rings (SSSR count). The van der Waals surface area contributed by atoms with Crippen molar-refractivity contribution >= 4 is 28.2 Å². The van der Waals surface area contributed by atoms with Crippen molar-refractivity contribution in [3.8, 4) is 0 Å². The van der Waals surface area contributed by atoms with E-state index in [9.17, 15) is 19.1 Å². The number of nitrogens with zero attached hydrogens (tertiary/aromatic N) is 2. The van der Waals surface area contributed by atoms with Gasteiger partial charge in [-0.2, -0.15) is 0 Å². The lowest BCUT2D eigenvalue weighted by Gasteiger charge is -2.42. The van der Waals surface area contributed by atoms with Gasteiger partial charge in [-0.1, -0.05) is 0 Å². The Morgan fingerprint density at radius 2 is 1.96 bits per heavy atom. The molecular weight excluding hydrogens is 346 g/mol. The van der Waals surface area contributed by atoms with E-state index < -0.39 is 39.7 Å². The van der Waals surface area contributed by atoms with Crippen LogP contribution in [0, 0.1) is 11.6 Å². The van der Waals surface area contributed by atoms with Crippen molar-refractivity contribution in [2.45, 2.75) is 31.3 Å². The maximum Gasteiger partial charge on any atom is 0.341 e. The molecule has 1 aromatic heterocycles. The fourth-order valence-electron chi connectivity index (χ4n) is 3.58. The highest BCUT2D eigenvalue weighted by Crippen LogP contribution is 2.42. The third-order valence-electron chi connectivity index (χ3n) is 5.24. The maximum atomic E-state index is 15.4. The molecule has 1 saturated carbocycles. The molecule has 1 saturated heterocycles. The molecule has 1 aromatic carbocycles. The second-order valence-electron chi connectivity index (χ2n) is 6.80. The molecule has 2 aliphatic rings. The third kappa shape index (κ3) is 2.20. The number of carboxylic acids is 1. The molecule has 0 amide bonds. The fraction of sp³-hybridized carbons (Fsp3) is 0.412. The van der Waals surface area contributed by atoms with Crippen LogP contribution in [0.5, 0.6) is 0 Å². The zero-order valence-electron chi connectivity index (χ0n) is 13.8. The highest BCUT2D eigenvalue weighted by Gasteiger charge is 2.36. The van der Waals surface area contributed by atoms with Crippen LogP contribution in [-0.2, 0) is 0 Å². The number of hydrogen-bond acceptors (Lipinski definition) is 5. The number of aromatic carboxylic acids is 1. The van der Waals surface area contributed by atoms with E-state index in [2.05, 4.69) is 0 Å². The first kappa shape index (κ1) is 16.8. The number of aromatic nitrogens is 1. The first-order valence-corrected chi connectivity index (χ1v) is 8.42. The van der Waals surface area contributed by atoms with Gasteiger partial charge < -0.3 is 26.0 Å². The van der Waals surface area contributed by atoms with Crippen LogP contribution < -0.4 is 21.8 Å². The van der Waals surface area contributed by atoms with E-state index in [-0.39, 0.29) is 29.8 Å². The molecule has 5 N–H and O–H groups in total. The van der Waals surface area contributed by atoms with Crippen molar-refractivity contribution < 1.29 is 18.7 Å². The van der Waals surface area contributed by atoms with Gasteiger partial charge in [0.1, 0.15) is 11.3 Å². The van der Waals surface area contributed by atoms with Crippen LogP contribution >= 0.6 is 0 Å². The summed E-state index contributed by atoms with van der Waals surface area (Å²) < 4.78 is 31.7. The quantitative estimate of drug-likeness (QED) is 0.707. The summed E-state index contributed by atoms with van der Waals surface area (Å²) in [5.74, 6) is -3.40. The second kappa shape index (κ2) is 5.66. The van der Waals surface area contributed by atoms with Crippen LogP contribution in [0.2, 0.25) is 0 Å².